The first kappa shape index (κ1) is 30.5. The van der Waals surface area contributed by atoms with Crippen LogP contribution in [0.3, 0.4) is 0 Å². The van der Waals surface area contributed by atoms with Crippen LogP contribution in [0.5, 0.6) is 5.75 Å². The Morgan fingerprint density at radius 1 is 1.12 bits per heavy atom. The smallest absolute Gasteiger partial charge is 0.339 e. The SMILES string of the molecule is CC(C)(C)[Si](C)(C)Oc1ccc2c(c1)CCC1C2CC[C@@]2(C)C1CC[C@@H]2OC(=O)c1cc(S(N)(=O)=O)c(F)cc1Cl. The quantitative estimate of drug-likeness (QED) is 0.274. The van der Waals surface area contributed by atoms with Gasteiger partial charge in [-0.2, -0.15) is 0 Å². The molecule has 0 amide bonds. The molecule has 5 rings (SSSR count). The molecule has 5 atom stereocenters. The molecule has 2 N–H and O–H groups in total. The fourth-order valence-electron chi connectivity index (χ4n) is 7.31. The van der Waals surface area contributed by atoms with E-state index in [1.807, 2.05) is 0 Å². The summed E-state index contributed by atoms with van der Waals surface area (Å²) in [6.45, 7) is 13.5. The van der Waals surface area contributed by atoms with Gasteiger partial charge in [0, 0.05) is 5.41 Å². The van der Waals surface area contributed by atoms with Crippen molar-refractivity contribution >= 4 is 35.9 Å². The van der Waals surface area contributed by atoms with Crippen LogP contribution in [0.15, 0.2) is 35.2 Å². The molecule has 2 saturated carbocycles. The second-order valence-electron chi connectivity index (χ2n) is 14.0. The number of esters is 1. The van der Waals surface area contributed by atoms with Gasteiger partial charge in [0.1, 0.15) is 22.6 Å². The predicted octanol–water partition coefficient (Wildman–Crippen LogP) is 7.59. The summed E-state index contributed by atoms with van der Waals surface area (Å²) in [5.41, 5.74) is 2.43. The Kier molecular flexibility index (Phi) is 7.70. The molecule has 0 spiro atoms. The first-order valence-corrected chi connectivity index (χ1v) is 19.3. The Labute approximate surface area is 249 Å². The second kappa shape index (κ2) is 10.4. The average Bonchev–Trinajstić information content (AvgIpc) is 3.18. The number of fused-ring (bicyclic) bond motifs is 5. The highest BCUT2D eigenvalue weighted by Crippen LogP contribution is 2.61. The third-order valence-electron chi connectivity index (χ3n) is 10.6. The van der Waals surface area contributed by atoms with Gasteiger partial charge in [0.05, 0.1) is 10.6 Å². The van der Waals surface area contributed by atoms with Gasteiger partial charge in [0.15, 0.2) is 0 Å². The number of primary sulfonamides is 1. The van der Waals surface area contributed by atoms with Crippen molar-refractivity contribution in [3.8, 4) is 5.75 Å². The Hall–Kier alpha value is -1.94. The lowest BCUT2D eigenvalue weighted by Crippen LogP contribution is -2.45. The standard InChI is InChI=1S/C31H41ClFNO5SSi/c1-30(2,3)41(5,6)39-19-8-10-20-18(15-19)7-9-22-21(20)13-14-31(4)24(22)11-12-28(31)38-29(35)23-16-27(40(34,36)37)26(33)17-25(23)32/h8,10,15-17,21-22,24,28H,7,9,11-14H2,1-6H3,(H2,34,36,37)/t21?,22?,24?,28-,31-/m0/s1. The van der Waals surface area contributed by atoms with Crippen LogP contribution in [0, 0.1) is 23.1 Å². The third kappa shape index (κ3) is 5.48. The highest BCUT2D eigenvalue weighted by Gasteiger charge is 2.56. The molecule has 224 valence electrons. The van der Waals surface area contributed by atoms with E-state index in [0.29, 0.717) is 17.8 Å². The van der Waals surface area contributed by atoms with Gasteiger partial charge in [0.25, 0.3) is 0 Å². The fourth-order valence-corrected chi connectivity index (χ4v) is 9.17. The number of nitrogens with two attached hydrogens (primary N) is 1. The van der Waals surface area contributed by atoms with Crippen molar-refractivity contribution in [3.05, 3.63) is 57.9 Å². The number of carbonyl (C=O) groups is 1. The summed E-state index contributed by atoms with van der Waals surface area (Å²) >= 11 is 6.13. The number of hydrogen-bond donors (Lipinski definition) is 1. The molecule has 0 aliphatic heterocycles. The lowest BCUT2D eigenvalue weighted by Gasteiger charge is -2.50. The van der Waals surface area contributed by atoms with E-state index in [1.165, 1.54) is 11.1 Å². The minimum Gasteiger partial charge on any atom is -0.543 e. The third-order valence-corrected chi connectivity index (χ3v) is 16.2. The van der Waals surface area contributed by atoms with Gasteiger partial charge in [-0.15, -0.1) is 0 Å². The number of carbonyl (C=O) groups excluding carboxylic acids is 1. The largest absolute Gasteiger partial charge is 0.543 e. The zero-order valence-corrected chi connectivity index (χ0v) is 27.3. The summed E-state index contributed by atoms with van der Waals surface area (Å²) in [7, 11) is -6.29. The lowest BCUT2D eigenvalue weighted by atomic mass is 9.55. The maximum atomic E-state index is 14.2. The number of hydrogen-bond acceptors (Lipinski definition) is 5. The number of rotatable bonds is 5. The van der Waals surface area contributed by atoms with Crippen molar-refractivity contribution in [1.29, 1.82) is 0 Å². The van der Waals surface area contributed by atoms with E-state index in [0.717, 1.165) is 56.4 Å². The number of halogens is 2. The Bertz CT molecular complexity index is 1490. The molecule has 0 heterocycles. The van der Waals surface area contributed by atoms with Gasteiger partial charge in [0.2, 0.25) is 18.3 Å². The Morgan fingerprint density at radius 2 is 1.83 bits per heavy atom. The monoisotopic (exact) mass is 621 g/mol. The number of aryl methyl sites for hydroxylation is 1. The first-order valence-electron chi connectivity index (χ1n) is 14.5. The summed E-state index contributed by atoms with van der Waals surface area (Å²) in [4.78, 5) is 12.4. The van der Waals surface area contributed by atoms with Gasteiger partial charge < -0.3 is 9.16 Å². The minimum absolute atomic E-state index is 0.136. The highest BCUT2D eigenvalue weighted by atomic mass is 35.5. The van der Waals surface area contributed by atoms with Gasteiger partial charge in [-0.3, -0.25) is 0 Å². The zero-order valence-electron chi connectivity index (χ0n) is 24.7. The predicted molar refractivity (Wildman–Crippen MR) is 161 cm³/mol. The molecular formula is C31H41ClFNO5SSi. The highest BCUT2D eigenvalue weighted by molar-refractivity contribution is 7.89. The molecule has 2 aromatic rings. The number of ether oxygens (including phenoxy) is 1. The van der Waals surface area contributed by atoms with Gasteiger partial charge in [-0.25, -0.2) is 22.7 Å². The van der Waals surface area contributed by atoms with Gasteiger partial charge in [-0.05, 0) is 110 Å². The minimum atomic E-state index is -4.37. The van der Waals surface area contributed by atoms with Crippen LogP contribution >= 0.6 is 11.6 Å². The molecule has 10 heteroatoms. The van der Waals surface area contributed by atoms with Crippen molar-refractivity contribution < 1.29 is 26.8 Å². The van der Waals surface area contributed by atoms with Crippen molar-refractivity contribution in [2.45, 2.75) is 101 Å². The summed E-state index contributed by atoms with van der Waals surface area (Å²) < 4.78 is 50.4. The Balaban J connectivity index is 1.33. The van der Waals surface area contributed by atoms with Crippen LogP contribution in [-0.4, -0.2) is 28.8 Å². The molecule has 3 aliphatic rings. The number of benzene rings is 2. The van der Waals surface area contributed by atoms with Crippen LogP contribution in [0.2, 0.25) is 23.2 Å². The molecule has 3 aliphatic carbocycles. The van der Waals surface area contributed by atoms with E-state index in [-0.39, 0.29) is 27.1 Å². The molecule has 0 aromatic heterocycles. The molecule has 0 saturated heterocycles. The van der Waals surface area contributed by atoms with E-state index >= 15 is 0 Å². The van der Waals surface area contributed by atoms with E-state index in [2.05, 4.69) is 59.0 Å². The maximum absolute atomic E-state index is 14.2. The topological polar surface area (TPSA) is 95.7 Å². The molecule has 6 nitrogen and oxygen atoms in total. The maximum Gasteiger partial charge on any atom is 0.339 e. The first-order chi connectivity index (χ1) is 18.9. The Morgan fingerprint density at radius 3 is 2.49 bits per heavy atom. The summed E-state index contributed by atoms with van der Waals surface area (Å²) in [6.07, 6.45) is 5.36. The van der Waals surface area contributed by atoms with Crippen LogP contribution in [0.1, 0.15) is 87.2 Å². The van der Waals surface area contributed by atoms with E-state index in [1.54, 1.807) is 0 Å². The average molecular weight is 622 g/mol. The lowest BCUT2D eigenvalue weighted by molar-refractivity contribution is -0.0428. The molecular weight excluding hydrogens is 581 g/mol. The molecule has 2 aromatic carbocycles. The van der Waals surface area contributed by atoms with Crippen LogP contribution in [0.4, 0.5) is 4.39 Å². The van der Waals surface area contributed by atoms with Crippen LogP contribution < -0.4 is 9.56 Å². The molecule has 2 fully saturated rings. The van der Waals surface area contributed by atoms with Crippen molar-refractivity contribution in [2.75, 3.05) is 0 Å². The van der Waals surface area contributed by atoms with Crippen LogP contribution in [-0.2, 0) is 21.2 Å². The molecule has 41 heavy (non-hydrogen) atoms. The van der Waals surface area contributed by atoms with Gasteiger partial charge in [-0.1, -0.05) is 45.4 Å². The molecule has 3 unspecified atom stereocenters. The fraction of sp³-hybridized carbons (Fsp3) is 0.581. The van der Waals surface area contributed by atoms with Crippen molar-refractivity contribution in [2.24, 2.45) is 22.4 Å². The molecule has 0 bridgehead atoms. The second-order valence-corrected chi connectivity index (χ2v) is 20.6. The zero-order chi connectivity index (χ0) is 30.1. The van der Waals surface area contributed by atoms with Crippen molar-refractivity contribution in [1.82, 2.24) is 0 Å². The van der Waals surface area contributed by atoms with E-state index in [9.17, 15) is 17.6 Å². The van der Waals surface area contributed by atoms with E-state index in [4.69, 9.17) is 25.9 Å². The molecule has 0 radical (unpaired) electrons. The van der Waals surface area contributed by atoms with E-state index < -0.39 is 35.0 Å². The van der Waals surface area contributed by atoms with Gasteiger partial charge >= 0.3 is 5.97 Å². The summed E-state index contributed by atoms with van der Waals surface area (Å²) in [5, 5.41) is 5.06. The van der Waals surface area contributed by atoms with Crippen LogP contribution in [0.25, 0.3) is 0 Å². The van der Waals surface area contributed by atoms with Crippen molar-refractivity contribution in [3.63, 3.8) is 0 Å². The summed E-state index contributed by atoms with van der Waals surface area (Å²) in [6, 6.07) is 8.37. The normalized spacial score (nSPS) is 27.9. The number of sulfonamides is 1. The summed E-state index contributed by atoms with van der Waals surface area (Å²) in [5.74, 6) is 0.498.